The van der Waals surface area contributed by atoms with Gasteiger partial charge in [0, 0.05) is 53.9 Å². The molecule has 5 N–H and O–H groups in total. The minimum Gasteiger partial charge on any atom is -0.497 e. The molecule has 0 radical (unpaired) electrons. The number of nitrogens with one attached hydrogen (secondary N) is 3. The van der Waals surface area contributed by atoms with Crippen LogP contribution in [0.2, 0.25) is 18.1 Å². The number of fused-ring (bicyclic) bond motifs is 2. The number of nitrogens with zero attached hydrogens (tertiary/aromatic N) is 2. The first-order valence-corrected chi connectivity index (χ1v) is 29.8. The Morgan fingerprint density at radius 3 is 2.30 bits per heavy atom. The van der Waals surface area contributed by atoms with E-state index in [1.165, 1.54) is 48.5 Å². The largest absolute Gasteiger partial charge is 0.497 e. The third-order valence-electron chi connectivity index (χ3n) is 14.0. The standard InChI is InChI=1S/C60H66N6O9SSi/c1-39-32-47(35-50-55(39)63-36-51(58(61)68)56(50)64-43-17-13-18-45(34-43)72-6)76(70,71)46-19-12-16-42(33-46)59(69)66(5)30-31-73-44-22-20-40(21-23-44)28-29-62-37-53(75-77(7,8)60(2,3)4)48-24-26-52(57-49(48)25-27-54(67)65-57)74-38-41-14-10-9-11-15-41/h9-27,32-36,53,62H,28-31,37-38H2,1-8H3,(H2,61,68)(H,63,64)(H,65,67)/t53-/m0/s1. The van der Waals surface area contributed by atoms with E-state index >= 15 is 0 Å². The van der Waals surface area contributed by atoms with Crippen LogP contribution in [-0.4, -0.2) is 83.8 Å². The molecule has 400 valence electrons. The molecule has 17 heteroatoms. The lowest BCUT2D eigenvalue weighted by molar-refractivity contribution is 0.0773. The Balaban J connectivity index is 0.883. The molecule has 77 heavy (non-hydrogen) atoms. The summed E-state index contributed by atoms with van der Waals surface area (Å²) < 4.78 is 53.4. The average Bonchev–Trinajstić information content (AvgIpc) is 3.46. The molecule has 8 rings (SSSR count). The average molecular weight is 1080 g/mol. The normalized spacial score (nSPS) is 12.3. The summed E-state index contributed by atoms with van der Waals surface area (Å²) in [5, 5.41) is 8.08. The van der Waals surface area contributed by atoms with E-state index in [9.17, 15) is 22.8 Å². The number of amides is 2. The van der Waals surface area contributed by atoms with Gasteiger partial charge in [-0.25, -0.2) is 8.42 Å². The Labute approximate surface area is 450 Å². The lowest BCUT2D eigenvalue weighted by Crippen LogP contribution is -2.43. The fraction of sp³-hybridized carbons (Fsp3) is 0.267. The number of pyridine rings is 2. The molecule has 0 fully saturated rings. The number of benzene rings is 6. The van der Waals surface area contributed by atoms with E-state index in [1.54, 1.807) is 50.4 Å². The van der Waals surface area contributed by atoms with Crippen LogP contribution in [0.3, 0.4) is 0 Å². The van der Waals surface area contributed by atoms with Crippen LogP contribution < -0.4 is 36.1 Å². The number of likely N-dealkylation sites (N-methyl/N-ethyl adjacent to an activating group) is 1. The predicted molar refractivity (Wildman–Crippen MR) is 305 cm³/mol. The van der Waals surface area contributed by atoms with Crippen molar-refractivity contribution in [3.05, 3.63) is 189 Å². The second kappa shape index (κ2) is 23.6. The fourth-order valence-corrected chi connectivity index (χ4v) is 11.4. The highest BCUT2D eigenvalue weighted by molar-refractivity contribution is 7.91. The van der Waals surface area contributed by atoms with Gasteiger partial charge in [-0.15, -0.1) is 0 Å². The molecule has 0 saturated carbocycles. The second-order valence-electron chi connectivity index (χ2n) is 20.5. The van der Waals surface area contributed by atoms with Gasteiger partial charge in [0.2, 0.25) is 15.4 Å². The molecule has 0 bridgehead atoms. The number of carbonyl (C=O) groups is 2. The molecule has 0 unspecified atom stereocenters. The molecule has 0 spiro atoms. The molecule has 15 nitrogen and oxygen atoms in total. The minimum absolute atomic E-state index is 0.0367. The summed E-state index contributed by atoms with van der Waals surface area (Å²) in [7, 11) is -3.27. The second-order valence-corrected chi connectivity index (χ2v) is 27.2. The summed E-state index contributed by atoms with van der Waals surface area (Å²) in [4.78, 5) is 47.8. The number of hydrogen-bond acceptors (Lipinski definition) is 12. The number of primary amides is 1. The number of sulfone groups is 1. The molecule has 2 amide bonds. The van der Waals surface area contributed by atoms with E-state index in [0.29, 0.717) is 70.3 Å². The summed E-state index contributed by atoms with van der Waals surface area (Å²) in [6, 6.07) is 41.1. The molecular formula is C60H66N6O9SSi. The van der Waals surface area contributed by atoms with Gasteiger partial charge in [-0.2, -0.15) is 0 Å². The van der Waals surface area contributed by atoms with Crippen molar-refractivity contribution in [3.63, 3.8) is 0 Å². The van der Waals surface area contributed by atoms with Crippen LogP contribution in [0.15, 0.2) is 160 Å². The number of anilines is 2. The summed E-state index contributed by atoms with van der Waals surface area (Å²) in [5.41, 5.74) is 11.5. The SMILES string of the molecule is COc1cccc(Nc2c(C(N)=O)cnc3c(C)cc(S(=O)(=O)c4cccc(C(=O)N(C)CCOc5ccc(CCNC[C@H](O[Si](C)(C)C(C)(C)C)c6ccc(OCc7ccccc7)c7[nH]c(=O)ccc67)cc5)c4)cc23)c1. The number of hydrogen-bond donors (Lipinski definition) is 4. The number of aryl methyl sites for hydroxylation is 1. The van der Waals surface area contributed by atoms with Crippen molar-refractivity contribution in [2.24, 2.45) is 5.73 Å². The van der Waals surface area contributed by atoms with Crippen LogP contribution >= 0.6 is 0 Å². The maximum Gasteiger partial charge on any atom is 0.253 e. The van der Waals surface area contributed by atoms with E-state index in [-0.39, 0.29) is 56.7 Å². The first kappa shape index (κ1) is 55.4. The molecule has 0 aliphatic carbocycles. The maximum absolute atomic E-state index is 14.3. The van der Waals surface area contributed by atoms with Gasteiger partial charge < -0.3 is 44.9 Å². The highest BCUT2D eigenvalue weighted by Gasteiger charge is 2.40. The summed E-state index contributed by atoms with van der Waals surface area (Å²) in [6.07, 6.45) is 1.81. The topological polar surface area (TPSA) is 204 Å². The van der Waals surface area contributed by atoms with Crippen molar-refractivity contribution in [2.45, 2.75) is 74.7 Å². The van der Waals surface area contributed by atoms with Gasteiger partial charge in [0.25, 0.3) is 11.8 Å². The van der Waals surface area contributed by atoms with Gasteiger partial charge in [-0.3, -0.25) is 19.4 Å². The number of aromatic nitrogens is 2. The van der Waals surface area contributed by atoms with Crippen molar-refractivity contribution in [1.82, 2.24) is 20.2 Å². The minimum atomic E-state index is -4.19. The van der Waals surface area contributed by atoms with E-state index < -0.39 is 24.1 Å². The van der Waals surface area contributed by atoms with Crippen LogP contribution in [0.5, 0.6) is 17.2 Å². The number of H-pyrrole nitrogens is 1. The molecule has 8 aromatic rings. The Hall–Kier alpha value is -7.83. The zero-order chi connectivity index (χ0) is 55.1. The van der Waals surface area contributed by atoms with Gasteiger partial charge in [-0.05, 0) is 127 Å². The zero-order valence-corrected chi connectivity index (χ0v) is 46.5. The van der Waals surface area contributed by atoms with E-state index in [0.717, 1.165) is 28.5 Å². The molecule has 6 aromatic carbocycles. The molecule has 2 aromatic heterocycles. The highest BCUT2D eigenvalue weighted by atomic mass is 32.2. The smallest absolute Gasteiger partial charge is 0.253 e. The molecule has 0 aliphatic heterocycles. The lowest BCUT2D eigenvalue weighted by Gasteiger charge is -2.39. The van der Waals surface area contributed by atoms with Crippen LogP contribution in [0.4, 0.5) is 11.4 Å². The van der Waals surface area contributed by atoms with Crippen molar-refractivity contribution >= 4 is 63.1 Å². The van der Waals surface area contributed by atoms with Gasteiger partial charge >= 0.3 is 0 Å². The third-order valence-corrected chi connectivity index (χ3v) is 20.3. The van der Waals surface area contributed by atoms with Gasteiger partial charge in [0.05, 0.1) is 51.8 Å². The van der Waals surface area contributed by atoms with Crippen molar-refractivity contribution in [2.75, 3.05) is 45.7 Å². The third kappa shape index (κ3) is 13.1. The van der Waals surface area contributed by atoms with Crippen molar-refractivity contribution in [1.29, 1.82) is 0 Å². The van der Waals surface area contributed by atoms with Crippen molar-refractivity contribution in [3.8, 4) is 17.2 Å². The number of nitrogens with two attached hydrogens (primary N) is 1. The first-order chi connectivity index (χ1) is 36.7. The zero-order valence-electron chi connectivity index (χ0n) is 44.7. The Morgan fingerprint density at radius 2 is 1.57 bits per heavy atom. The van der Waals surface area contributed by atoms with E-state index in [2.05, 4.69) is 60.5 Å². The number of carbonyl (C=O) groups excluding carboxylic acids is 2. The van der Waals surface area contributed by atoms with Gasteiger partial charge in [-0.1, -0.05) is 81.4 Å². The van der Waals surface area contributed by atoms with Crippen LogP contribution in [-0.2, 0) is 27.3 Å². The molecule has 0 saturated heterocycles. The predicted octanol–water partition coefficient (Wildman–Crippen LogP) is 10.7. The Morgan fingerprint density at radius 1 is 0.818 bits per heavy atom. The molecule has 0 aliphatic rings. The summed E-state index contributed by atoms with van der Waals surface area (Å²) >= 11 is 0. The first-order valence-electron chi connectivity index (χ1n) is 25.4. The number of rotatable bonds is 22. The van der Waals surface area contributed by atoms with Gasteiger partial charge in [0.1, 0.15) is 30.5 Å². The lowest BCUT2D eigenvalue weighted by atomic mass is 10.0. The van der Waals surface area contributed by atoms with Crippen LogP contribution in [0.25, 0.3) is 21.8 Å². The summed E-state index contributed by atoms with van der Waals surface area (Å²) in [5.74, 6) is 0.687. The molecule has 2 heterocycles. The van der Waals surface area contributed by atoms with Gasteiger partial charge in [0.15, 0.2) is 8.32 Å². The Bertz CT molecular complexity index is 3600. The number of methoxy groups -OCH3 is 1. The summed E-state index contributed by atoms with van der Waals surface area (Å²) in [6.45, 7) is 14.9. The Kier molecular flexibility index (Phi) is 17.0. The van der Waals surface area contributed by atoms with Crippen molar-refractivity contribution < 1.29 is 36.6 Å². The quantitative estimate of drug-likeness (QED) is 0.0370. The molecule has 1 atom stereocenters. The van der Waals surface area contributed by atoms with E-state index in [4.69, 9.17) is 24.4 Å². The number of ether oxygens (including phenoxy) is 3. The van der Waals surface area contributed by atoms with Crippen LogP contribution in [0, 0.1) is 6.92 Å². The van der Waals surface area contributed by atoms with E-state index in [1.807, 2.05) is 66.7 Å². The number of aromatic amines is 1. The maximum atomic E-state index is 14.3. The highest BCUT2D eigenvalue weighted by Crippen LogP contribution is 2.42. The fourth-order valence-electron chi connectivity index (χ4n) is 8.67. The monoisotopic (exact) mass is 1070 g/mol. The molecular weight excluding hydrogens is 1010 g/mol. The van der Waals surface area contributed by atoms with Crippen LogP contribution in [0.1, 0.15) is 69.8 Å².